The van der Waals surface area contributed by atoms with Crippen molar-refractivity contribution in [1.29, 1.82) is 0 Å². The van der Waals surface area contributed by atoms with Gasteiger partial charge < -0.3 is 34.2 Å². The van der Waals surface area contributed by atoms with E-state index in [0.717, 1.165) is 186 Å². The number of carbonyl (C=O) groups is 3. The number of hydrogen-bond acceptors (Lipinski definition) is 14. The first-order valence-electron chi connectivity index (χ1n) is 49.7. The fraction of sp³-hybridized carbons (Fsp3) is 0.673. The van der Waals surface area contributed by atoms with Crippen molar-refractivity contribution in [1.82, 2.24) is 0 Å². The van der Waals surface area contributed by atoms with Gasteiger partial charge in [-0.05, 0) is 161 Å². The van der Waals surface area contributed by atoms with Crippen molar-refractivity contribution in [3.05, 3.63) is 194 Å². The normalized spacial score (nSPS) is 14.5. The summed E-state index contributed by atoms with van der Waals surface area (Å²) < 4.78 is 61.7. The van der Waals surface area contributed by atoms with Crippen molar-refractivity contribution in [2.45, 2.75) is 424 Å². The Morgan fingerprint density at radius 2 is 0.400 bits per heavy atom. The Hall–Kier alpha value is -5.61. The minimum atomic E-state index is -4.95. The maximum atomic E-state index is 13.1. The Bertz CT molecular complexity index is 3050. The summed E-state index contributed by atoms with van der Waals surface area (Å²) in [7, 11) is -9.82. The highest BCUT2D eigenvalue weighted by atomic mass is 31.2. The first kappa shape index (κ1) is 119. The largest absolute Gasteiger partial charge is 0.472 e. The zero-order chi connectivity index (χ0) is 90.7. The minimum Gasteiger partial charge on any atom is -0.463 e. The van der Waals surface area contributed by atoms with Crippen LogP contribution in [-0.2, 0) is 55.8 Å². The third kappa shape index (κ3) is 98.8. The van der Waals surface area contributed by atoms with Crippen molar-refractivity contribution in [2.75, 3.05) is 39.6 Å². The topological polar surface area (TPSA) is 231 Å². The third-order valence-electron chi connectivity index (χ3n) is 20.8. The molecule has 0 aliphatic carbocycles. The number of aliphatic hydroxyl groups is 2. The zero-order valence-electron chi connectivity index (χ0n) is 79.0. The third-order valence-corrected chi connectivity index (χ3v) is 22.7. The van der Waals surface area contributed by atoms with Crippen LogP contribution in [0.3, 0.4) is 0 Å². The Morgan fingerprint density at radius 1 is 0.224 bits per heavy atom. The molecule has 0 aromatic heterocycles. The van der Waals surface area contributed by atoms with Gasteiger partial charge in [0.25, 0.3) is 0 Å². The summed E-state index contributed by atoms with van der Waals surface area (Å²) in [6.45, 7) is 2.39. The van der Waals surface area contributed by atoms with Gasteiger partial charge in [-0.3, -0.25) is 32.5 Å². The van der Waals surface area contributed by atoms with Gasteiger partial charge in [-0.1, -0.05) is 421 Å². The number of hydrogen-bond donors (Lipinski definition) is 4. The van der Waals surface area contributed by atoms with Crippen LogP contribution in [0.25, 0.3) is 0 Å². The Balaban J connectivity index is 4.64. The average Bonchev–Trinajstić information content (AvgIpc) is 0.904. The molecule has 0 bridgehead atoms. The van der Waals surface area contributed by atoms with Crippen LogP contribution in [0, 0.1) is 0 Å². The summed E-state index contributed by atoms with van der Waals surface area (Å²) in [5.74, 6) is -1.58. The van der Waals surface area contributed by atoms with Crippen molar-refractivity contribution < 1.29 is 75.8 Å². The molecule has 0 aromatic carbocycles. The number of allylic oxidation sites excluding steroid dienone is 32. The van der Waals surface area contributed by atoms with Gasteiger partial charge in [0, 0.05) is 19.3 Å². The van der Waals surface area contributed by atoms with Crippen LogP contribution in [0.4, 0.5) is 0 Å². The second-order valence-corrected chi connectivity index (χ2v) is 35.7. The molecule has 0 aliphatic rings. The fourth-order valence-corrected chi connectivity index (χ4v) is 15.0. The number of phosphoric ester groups is 2. The molecule has 18 heteroatoms. The fourth-order valence-electron chi connectivity index (χ4n) is 13.4. The molecule has 125 heavy (non-hydrogen) atoms. The van der Waals surface area contributed by atoms with Gasteiger partial charge >= 0.3 is 33.6 Å². The lowest BCUT2D eigenvalue weighted by Gasteiger charge is -2.21. The van der Waals surface area contributed by atoms with E-state index in [-0.39, 0.29) is 19.3 Å². The van der Waals surface area contributed by atoms with Gasteiger partial charge in [0.05, 0.1) is 26.4 Å². The minimum absolute atomic E-state index is 0.0894. The van der Waals surface area contributed by atoms with Crippen LogP contribution in [-0.4, -0.2) is 95.9 Å². The molecule has 0 amide bonds. The van der Waals surface area contributed by atoms with Crippen LogP contribution in [0.2, 0.25) is 0 Å². The van der Waals surface area contributed by atoms with Crippen molar-refractivity contribution >= 4 is 33.6 Å². The highest BCUT2D eigenvalue weighted by Crippen LogP contribution is 2.45. The van der Waals surface area contributed by atoms with E-state index in [1.807, 2.05) is 0 Å². The van der Waals surface area contributed by atoms with E-state index in [0.29, 0.717) is 19.3 Å². The number of phosphoric acid groups is 2. The molecule has 714 valence electrons. The van der Waals surface area contributed by atoms with Gasteiger partial charge in [0.1, 0.15) is 25.4 Å². The molecule has 0 saturated carbocycles. The van der Waals surface area contributed by atoms with Crippen LogP contribution in [0.15, 0.2) is 194 Å². The second kappa shape index (κ2) is 97.4. The highest BCUT2D eigenvalue weighted by molar-refractivity contribution is 7.47. The summed E-state index contributed by atoms with van der Waals surface area (Å²) in [4.78, 5) is 59.2. The first-order valence-corrected chi connectivity index (χ1v) is 52.7. The van der Waals surface area contributed by atoms with Crippen molar-refractivity contribution in [2.24, 2.45) is 0 Å². The van der Waals surface area contributed by atoms with Gasteiger partial charge in [0.2, 0.25) is 0 Å². The number of carbonyl (C=O) groups excluding carboxylic acids is 3. The molecule has 16 nitrogen and oxygen atoms in total. The summed E-state index contributed by atoms with van der Waals surface area (Å²) in [5.41, 5.74) is 0. The summed E-state index contributed by atoms with van der Waals surface area (Å²) >= 11 is 0. The molecule has 0 aromatic rings. The predicted octanol–water partition coefficient (Wildman–Crippen LogP) is 31.3. The molecule has 4 N–H and O–H groups in total. The summed E-state index contributed by atoms with van der Waals surface area (Å²) in [5, 5.41) is 20.8. The maximum absolute atomic E-state index is 13.1. The molecule has 0 rings (SSSR count). The lowest BCUT2D eigenvalue weighted by Crippen LogP contribution is -2.30. The molecular formula is C107H180O16P2. The number of aliphatic hydroxyl groups excluding tert-OH is 2. The van der Waals surface area contributed by atoms with Gasteiger partial charge in [-0.15, -0.1) is 0 Å². The molecule has 0 saturated heterocycles. The number of rotatable bonds is 93. The lowest BCUT2D eigenvalue weighted by molar-refractivity contribution is -0.161. The van der Waals surface area contributed by atoms with Gasteiger partial charge in [-0.25, -0.2) is 9.13 Å². The lowest BCUT2D eigenvalue weighted by atomic mass is 10.0. The Morgan fingerprint density at radius 3 is 0.632 bits per heavy atom. The molecule has 5 atom stereocenters. The average molecular weight is 1780 g/mol. The van der Waals surface area contributed by atoms with E-state index < -0.39 is 91.5 Å². The van der Waals surface area contributed by atoms with Gasteiger partial charge in [-0.2, -0.15) is 0 Å². The number of ether oxygens (including phenoxy) is 3. The molecule has 0 heterocycles. The molecule has 5 unspecified atom stereocenters. The van der Waals surface area contributed by atoms with Crippen LogP contribution in [0.5, 0.6) is 0 Å². The highest BCUT2D eigenvalue weighted by Gasteiger charge is 2.30. The molecule has 0 spiro atoms. The zero-order valence-corrected chi connectivity index (χ0v) is 80.7. The monoisotopic (exact) mass is 1780 g/mol. The predicted molar refractivity (Wildman–Crippen MR) is 528 cm³/mol. The smallest absolute Gasteiger partial charge is 0.463 e. The van der Waals surface area contributed by atoms with E-state index in [2.05, 4.69) is 215 Å². The SMILES string of the molecule is CC/C=C\C/C=C\C/C=C\C/C=C\C/C=C\C/C=C\CCCCCCCCCCC(=O)OC(COC(=O)CCCCCCCCCCCCCCCCC/C=C\C/C=C\C/C=C\C/C=C\C/C=C\CC)COP(=O)(O)OCC(O)COP(=O)(O)OCC(O)COC(=O)CCCCCCCCCCCCCCCCC/C=C\C/C=C\C/C=C\C/C=C\C/C=C\CC. The number of unbranched alkanes of at least 4 members (excludes halogenated alkanes) is 38. The van der Waals surface area contributed by atoms with E-state index in [9.17, 15) is 43.5 Å². The van der Waals surface area contributed by atoms with E-state index in [1.54, 1.807) is 0 Å². The Labute approximate surface area is 763 Å². The standard InChI is InChI=1S/C107H180O16P2/c1-4-7-10-13-16-19-22-25-28-31-34-37-40-43-46-48-50-52-55-57-60-63-66-69-72-75-78-81-84-87-90-93-105(110)117-96-102(108)97-119-124(113,114)120-98-103(109)99-121-125(115,116)122-101-104(123-107(112)95-92-89-86-83-80-77-74-71-68-65-62-59-54-45-42-39-36-33-30-27-24-21-18-15-12-9-6-3)100-118-106(111)94-91-88-85-82-79-76-73-70-67-64-61-58-56-53-51-49-47-44-41-38-35-32-29-26-23-20-17-14-11-8-5-2/h7-12,16-21,25-30,34-39,43-47,54,62,65,102-104,108-109H,4-6,13-15,22-24,31-33,40-42,48-53,55-61,63-64,66-101H2,1-3H3,(H,113,114)(H,115,116)/b10-7-,11-8-,12-9-,19-16-,20-17-,21-18-,28-25-,29-26-,30-27-,37-34-,38-35-,39-36-,46-43-,47-44-,54-45-,65-62-. The van der Waals surface area contributed by atoms with Crippen LogP contribution >= 0.6 is 15.6 Å². The molecule has 0 aliphatic heterocycles. The van der Waals surface area contributed by atoms with E-state index >= 15 is 0 Å². The van der Waals surface area contributed by atoms with Crippen LogP contribution in [0.1, 0.15) is 406 Å². The van der Waals surface area contributed by atoms with Crippen molar-refractivity contribution in [3.63, 3.8) is 0 Å². The number of esters is 3. The van der Waals surface area contributed by atoms with E-state index in [4.69, 9.17) is 32.3 Å². The van der Waals surface area contributed by atoms with Crippen molar-refractivity contribution in [3.8, 4) is 0 Å². The summed E-state index contributed by atoms with van der Waals surface area (Å²) in [6, 6.07) is 0. The maximum Gasteiger partial charge on any atom is 0.472 e. The quantitative estimate of drug-likeness (QED) is 0.0146. The second-order valence-electron chi connectivity index (χ2n) is 32.8. The van der Waals surface area contributed by atoms with Crippen LogP contribution < -0.4 is 0 Å². The Kier molecular flexibility index (Phi) is 93.1. The molecular weight excluding hydrogens is 1600 g/mol. The summed E-state index contributed by atoms with van der Waals surface area (Å²) in [6.07, 6.45) is 130. The first-order chi connectivity index (χ1) is 61.2. The van der Waals surface area contributed by atoms with E-state index in [1.165, 1.54) is 161 Å². The van der Waals surface area contributed by atoms with Gasteiger partial charge in [0.15, 0.2) is 6.10 Å². The molecule has 0 radical (unpaired) electrons. The molecule has 0 fully saturated rings.